The second kappa shape index (κ2) is 11.7. The fraction of sp³-hybridized carbons (Fsp3) is 0.577. The lowest BCUT2D eigenvalue weighted by Crippen LogP contribution is -2.48. The highest BCUT2D eigenvalue weighted by Gasteiger charge is 2.44. The van der Waals surface area contributed by atoms with E-state index in [9.17, 15) is 4.79 Å². The van der Waals surface area contributed by atoms with Crippen molar-refractivity contribution in [3.63, 3.8) is 0 Å². The molecule has 5 nitrogen and oxygen atoms in total. The number of nitrogens with one attached hydrogen (secondary N) is 1. The number of benzene rings is 1. The van der Waals surface area contributed by atoms with E-state index in [1.165, 1.54) is 23.8 Å². The van der Waals surface area contributed by atoms with Crippen LogP contribution in [-0.4, -0.2) is 39.8 Å². The van der Waals surface area contributed by atoms with Crippen LogP contribution in [0.1, 0.15) is 59.2 Å². The van der Waals surface area contributed by atoms with Gasteiger partial charge in [-0.1, -0.05) is 66.3 Å². The van der Waals surface area contributed by atoms with Gasteiger partial charge in [0.15, 0.2) is 8.32 Å². The zero-order chi connectivity index (χ0) is 23.9. The Morgan fingerprint density at radius 2 is 1.66 bits per heavy atom. The van der Waals surface area contributed by atoms with E-state index in [1.807, 2.05) is 0 Å². The van der Waals surface area contributed by atoms with Gasteiger partial charge < -0.3 is 18.9 Å². The van der Waals surface area contributed by atoms with Gasteiger partial charge in [-0.15, -0.1) is 0 Å². The number of hydrogen-bond acceptors (Lipinski definition) is 4. The predicted molar refractivity (Wildman–Crippen MR) is 135 cm³/mol. The number of aryl methyl sites for hydroxylation is 1. The van der Waals surface area contributed by atoms with Crippen LogP contribution in [0.5, 0.6) is 0 Å². The lowest BCUT2D eigenvalue weighted by atomic mass is 10.0. The van der Waals surface area contributed by atoms with Gasteiger partial charge in [0.2, 0.25) is 0 Å². The summed E-state index contributed by atoms with van der Waals surface area (Å²) in [5.41, 5.74) is 6.26. The second-order valence-corrected chi connectivity index (χ2v) is 15.0. The van der Waals surface area contributed by atoms with Crippen molar-refractivity contribution in [2.24, 2.45) is 0 Å². The van der Waals surface area contributed by atoms with Gasteiger partial charge >= 0.3 is 6.16 Å². The monoisotopic (exact) mass is 459 g/mol. The zero-order valence-electron chi connectivity index (χ0n) is 20.9. The van der Waals surface area contributed by atoms with E-state index in [4.69, 9.17) is 9.16 Å². The van der Waals surface area contributed by atoms with Crippen molar-refractivity contribution in [1.82, 2.24) is 4.98 Å². The molecule has 0 aliphatic heterocycles. The minimum absolute atomic E-state index is 0.177. The maximum absolute atomic E-state index is 11.2. The molecule has 0 fully saturated rings. The van der Waals surface area contributed by atoms with Crippen molar-refractivity contribution in [3.05, 3.63) is 47.7 Å². The van der Waals surface area contributed by atoms with Crippen LogP contribution in [0.2, 0.25) is 16.6 Å². The molecule has 6 heteroatoms. The number of carbonyl (C=O) groups excluding carboxylic acids is 1. The van der Waals surface area contributed by atoms with E-state index in [0.717, 1.165) is 37.0 Å². The topological polar surface area (TPSA) is 60.5 Å². The maximum Gasteiger partial charge on any atom is 0.508 e. The highest BCUT2D eigenvalue weighted by Crippen LogP contribution is 2.42. The van der Waals surface area contributed by atoms with E-state index < -0.39 is 14.5 Å². The molecule has 0 unspecified atom stereocenters. The largest absolute Gasteiger partial charge is 0.508 e. The molecular formula is C26H41NO4Si. The minimum atomic E-state index is -1.89. The molecule has 0 atom stereocenters. The summed E-state index contributed by atoms with van der Waals surface area (Å²) in [6.45, 7) is 18.9. The molecule has 0 amide bonds. The number of hydrogen-bond donors (Lipinski definition) is 1. The zero-order valence-corrected chi connectivity index (χ0v) is 21.9. The third-order valence-corrected chi connectivity index (χ3v) is 12.7. The van der Waals surface area contributed by atoms with E-state index >= 15 is 0 Å². The molecule has 2 aromatic rings. The van der Waals surface area contributed by atoms with E-state index in [2.05, 4.69) is 82.1 Å². The lowest BCUT2D eigenvalue weighted by Gasteiger charge is -2.42. The van der Waals surface area contributed by atoms with Crippen LogP contribution in [-0.2, 0) is 26.7 Å². The van der Waals surface area contributed by atoms with Crippen LogP contribution in [0.25, 0.3) is 10.9 Å². The highest BCUT2D eigenvalue weighted by molar-refractivity contribution is 6.77. The van der Waals surface area contributed by atoms with Crippen LogP contribution >= 0.6 is 0 Å². The van der Waals surface area contributed by atoms with Crippen LogP contribution < -0.4 is 0 Å². The van der Waals surface area contributed by atoms with E-state index in [1.54, 1.807) is 0 Å². The van der Waals surface area contributed by atoms with Crippen LogP contribution in [0.15, 0.2) is 36.4 Å². The Balaban J connectivity index is 2.15. The quantitative estimate of drug-likeness (QED) is 0.207. The normalized spacial score (nSPS) is 12.2. The first-order valence-electron chi connectivity index (χ1n) is 11.7. The maximum atomic E-state index is 11.2. The molecule has 1 N–H and O–H groups in total. The number of para-hydroxylation sites is 1. The Labute approximate surface area is 194 Å². The van der Waals surface area contributed by atoms with Crippen molar-refractivity contribution in [1.29, 1.82) is 0 Å². The van der Waals surface area contributed by atoms with Crippen molar-refractivity contribution in [2.45, 2.75) is 77.4 Å². The van der Waals surface area contributed by atoms with Gasteiger partial charge in [0.05, 0.1) is 7.11 Å². The number of H-pyrrole nitrogens is 1. The number of carbonyl (C=O) groups is 1. The second-order valence-electron chi connectivity index (χ2n) is 9.54. The Morgan fingerprint density at radius 3 is 2.25 bits per heavy atom. The average molecular weight is 460 g/mol. The molecule has 0 aliphatic rings. The predicted octanol–water partition coefficient (Wildman–Crippen LogP) is 7.17. The van der Waals surface area contributed by atoms with Crippen LogP contribution in [0.4, 0.5) is 4.79 Å². The number of aromatic amines is 1. The van der Waals surface area contributed by atoms with Gasteiger partial charge in [-0.25, -0.2) is 4.79 Å². The van der Waals surface area contributed by atoms with Gasteiger partial charge in [0, 0.05) is 23.2 Å². The van der Waals surface area contributed by atoms with Crippen LogP contribution in [0.3, 0.4) is 0 Å². The molecule has 0 bridgehead atoms. The van der Waals surface area contributed by atoms with Gasteiger partial charge in [-0.2, -0.15) is 0 Å². The van der Waals surface area contributed by atoms with Crippen molar-refractivity contribution in [3.8, 4) is 0 Å². The fourth-order valence-electron chi connectivity index (χ4n) is 5.18. The van der Waals surface area contributed by atoms with Gasteiger partial charge in [-0.3, -0.25) is 0 Å². The molecule has 0 radical (unpaired) electrons. The molecule has 0 aliphatic carbocycles. The highest BCUT2D eigenvalue weighted by atomic mass is 28.4. The first-order valence-corrected chi connectivity index (χ1v) is 13.9. The Kier molecular flexibility index (Phi) is 9.58. The number of ether oxygens (including phenoxy) is 2. The number of rotatable bonds is 12. The SMILES string of the molecule is C=C(CCc1[nH]c2ccccc2c1CCO[Si](C(C)C)(C(C)C)C(C)C)COC(=O)OC. The van der Waals surface area contributed by atoms with Gasteiger partial charge in [0.1, 0.15) is 6.61 Å². The summed E-state index contributed by atoms with van der Waals surface area (Å²) < 4.78 is 16.4. The molecule has 32 heavy (non-hydrogen) atoms. The van der Waals surface area contributed by atoms with Gasteiger partial charge in [0.25, 0.3) is 0 Å². The van der Waals surface area contributed by atoms with Crippen molar-refractivity contribution < 1.29 is 18.7 Å². The molecule has 0 saturated carbocycles. The molecule has 1 aromatic carbocycles. The molecule has 0 spiro atoms. The van der Waals surface area contributed by atoms with Crippen molar-refractivity contribution >= 4 is 25.4 Å². The molecular weight excluding hydrogens is 418 g/mol. The van der Waals surface area contributed by atoms with Gasteiger partial charge in [-0.05, 0) is 53.1 Å². The minimum Gasteiger partial charge on any atom is -0.438 e. The Morgan fingerprint density at radius 1 is 1.03 bits per heavy atom. The first kappa shape index (κ1) is 26.2. The third-order valence-electron chi connectivity index (χ3n) is 6.60. The van der Waals surface area contributed by atoms with Crippen molar-refractivity contribution in [2.75, 3.05) is 20.3 Å². The average Bonchev–Trinajstić information content (AvgIpc) is 3.10. The molecule has 178 valence electrons. The smallest absolute Gasteiger partial charge is 0.438 e. The number of fused-ring (bicyclic) bond motifs is 1. The third kappa shape index (κ3) is 6.04. The van der Waals surface area contributed by atoms with E-state index in [0.29, 0.717) is 16.6 Å². The summed E-state index contributed by atoms with van der Waals surface area (Å²) in [4.78, 5) is 14.8. The standard InChI is InChI=1S/C26H41NO4Si/c1-18(2)32(19(3)4,20(5)6)31-16-15-23-22-11-9-10-12-24(22)27-25(23)14-13-21(7)17-30-26(28)29-8/h9-12,18-20,27H,7,13-17H2,1-6,8H3. The molecule has 1 aromatic heterocycles. The Bertz CT molecular complexity index is 879. The Hall–Kier alpha value is -2.05. The first-order chi connectivity index (χ1) is 15.1. The fourth-order valence-corrected chi connectivity index (χ4v) is 10.6. The molecule has 0 saturated heterocycles. The van der Waals surface area contributed by atoms with Crippen LogP contribution in [0, 0.1) is 0 Å². The number of methoxy groups -OCH3 is 1. The summed E-state index contributed by atoms with van der Waals surface area (Å²) in [5, 5.41) is 1.26. The summed E-state index contributed by atoms with van der Waals surface area (Å²) >= 11 is 0. The molecule has 1 heterocycles. The number of aromatic nitrogens is 1. The summed E-state index contributed by atoms with van der Waals surface area (Å²) in [7, 11) is -0.587. The van der Waals surface area contributed by atoms with E-state index in [-0.39, 0.29) is 6.61 Å². The summed E-state index contributed by atoms with van der Waals surface area (Å²) in [6.07, 6.45) is 1.75. The summed E-state index contributed by atoms with van der Waals surface area (Å²) in [6, 6.07) is 8.44. The molecule has 2 rings (SSSR count). The lowest BCUT2D eigenvalue weighted by molar-refractivity contribution is 0.0794. The summed E-state index contributed by atoms with van der Waals surface area (Å²) in [5.74, 6) is 0.